The van der Waals surface area contributed by atoms with E-state index >= 15 is 0 Å². The van der Waals surface area contributed by atoms with Gasteiger partial charge in [-0.3, -0.25) is 5.14 Å². The molecule has 0 spiro atoms. The third-order valence-electron chi connectivity index (χ3n) is 5.85. The van der Waals surface area contributed by atoms with Crippen LogP contribution in [0, 0.1) is 24.7 Å². The number of methoxy groups -OCH3 is 1. The van der Waals surface area contributed by atoms with Gasteiger partial charge in [0, 0.05) is 27.8 Å². The molecule has 176 valence electrons. The second kappa shape index (κ2) is 12.6. The first-order valence-corrected chi connectivity index (χ1v) is 12.5. The van der Waals surface area contributed by atoms with Gasteiger partial charge in [0.25, 0.3) is 0 Å². The van der Waals surface area contributed by atoms with Crippen molar-refractivity contribution in [2.24, 2.45) is 11.1 Å². The van der Waals surface area contributed by atoms with Crippen LogP contribution in [0.15, 0.2) is 46.9 Å². The van der Waals surface area contributed by atoms with Gasteiger partial charge in [-0.1, -0.05) is 37.8 Å². The summed E-state index contributed by atoms with van der Waals surface area (Å²) in [5, 5.41) is 16.2. The van der Waals surface area contributed by atoms with E-state index in [9.17, 15) is 0 Å². The van der Waals surface area contributed by atoms with Crippen molar-refractivity contribution in [1.29, 1.82) is 0 Å². The van der Waals surface area contributed by atoms with Crippen molar-refractivity contribution >= 4 is 29.4 Å². The molecule has 0 unspecified atom stereocenters. The number of hydrogen-bond acceptors (Lipinski definition) is 6. The Bertz CT molecular complexity index is 1020. The van der Waals surface area contributed by atoms with Crippen LogP contribution in [-0.4, -0.2) is 32.8 Å². The quantitative estimate of drug-likeness (QED) is 0.314. The highest BCUT2D eigenvalue weighted by Crippen LogP contribution is 2.29. The molecule has 6 heteroatoms. The van der Waals surface area contributed by atoms with Gasteiger partial charge in [-0.2, -0.15) is 0 Å². The van der Waals surface area contributed by atoms with Crippen LogP contribution >= 0.6 is 11.9 Å². The van der Waals surface area contributed by atoms with Gasteiger partial charge in [0.05, 0.1) is 19.3 Å². The molecule has 33 heavy (non-hydrogen) atoms. The maximum absolute atomic E-state index is 5.65. The van der Waals surface area contributed by atoms with Gasteiger partial charge < -0.3 is 20.7 Å². The van der Waals surface area contributed by atoms with E-state index < -0.39 is 0 Å². The molecule has 3 rings (SSSR count). The van der Waals surface area contributed by atoms with Gasteiger partial charge in [0.15, 0.2) is 0 Å². The summed E-state index contributed by atoms with van der Waals surface area (Å²) in [7, 11) is 1.66. The average molecular weight is 465 g/mol. The summed E-state index contributed by atoms with van der Waals surface area (Å²) >= 11 is 1.20. The van der Waals surface area contributed by atoms with E-state index in [4.69, 9.17) is 9.88 Å². The maximum atomic E-state index is 5.65. The molecule has 2 aromatic carbocycles. The number of benzene rings is 2. The van der Waals surface area contributed by atoms with E-state index in [1.165, 1.54) is 28.8 Å². The summed E-state index contributed by atoms with van der Waals surface area (Å²) in [6, 6.07) is 12.9. The minimum Gasteiger partial charge on any atom is -0.495 e. The minimum atomic E-state index is 0.333. The van der Waals surface area contributed by atoms with E-state index in [2.05, 4.69) is 72.8 Å². The van der Waals surface area contributed by atoms with Crippen molar-refractivity contribution in [2.45, 2.75) is 44.6 Å². The molecule has 1 aliphatic rings. The van der Waals surface area contributed by atoms with Gasteiger partial charge in [-0.05, 0) is 86.6 Å². The largest absolute Gasteiger partial charge is 0.495 e. The zero-order chi connectivity index (χ0) is 23.6. The molecule has 0 saturated carbocycles. The number of hydrogen-bond donors (Lipinski definition) is 4. The summed E-state index contributed by atoms with van der Waals surface area (Å²) in [5.41, 5.74) is 5.73. The second-order valence-corrected chi connectivity index (χ2v) is 9.30. The number of nitrogens with two attached hydrogens (primary N) is 1. The third-order valence-corrected chi connectivity index (χ3v) is 6.38. The molecule has 0 aliphatic carbocycles. The molecule has 0 amide bonds. The molecule has 0 atom stereocenters. The van der Waals surface area contributed by atoms with Crippen LogP contribution in [0.25, 0.3) is 6.08 Å². The van der Waals surface area contributed by atoms with Crippen LogP contribution in [0.4, 0.5) is 11.4 Å². The number of allylic oxidation sites excluding steroid dienone is 1. The SMILES string of the molecule is COc1cc(SN)ccc1NCC#C/C(=C/c1c(C)cccc1NC1CCNCC1)C(C)C. The number of anilines is 2. The number of piperidine rings is 1. The molecule has 0 radical (unpaired) electrons. The van der Waals surface area contributed by atoms with Gasteiger partial charge in [0.2, 0.25) is 0 Å². The summed E-state index contributed by atoms with van der Waals surface area (Å²) in [5.74, 6) is 7.79. The zero-order valence-electron chi connectivity index (χ0n) is 20.1. The fourth-order valence-corrected chi connectivity index (χ4v) is 4.19. The Morgan fingerprint density at radius 3 is 2.73 bits per heavy atom. The van der Waals surface area contributed by atoms with Crippen LogP contribution in [0.1, 0.15) is 37.8 Å². The van der Waals surface area contributed by atoms with Crippen molar-refractivity contribution in [3.05, 3.63) is 53.1 Å². The minimum absolute atomic E-state index is 0.333. The van der Waals surface area contributed by atoms with Gasteiger partial charge in [0.1, 0.15) is 5.75 Å². The lowest BCUT2D eigenvalue weighted by Crippen LogP contribution is -2.35. The summed E-state index contributed by atoms with van der Waals surface area (Å²) < 4.78 is 5.47. The standard InChI is InChI=1S/C27H36N4OS/c1-19(2)21(8-6-14-30-26-11-10-23(33-28)18-27(26)32-4)17-24-20(3)7-5-9-25(24)31-22-12-15-29-16-13-22/h5,7,9-11,17-19,22,29-31H,12-16,28H2,1-4H3/b21-17-. The lowest BCUT2D eigenvalue weighted by molar-refractivity contribution is 0.415. The Morgan fingerprint density at radius 2 is 2.03 bits per heavy atom. The summed E-state index contributed by atoms with van der Waals surface area (Å²) in [6.45, 7) is 9.23. The zero-order valence-corrected chi connectivity index (χ0v) is 20.9. The molecule has 5 nitrogen and oxygen atoms in total. The molecule has 1 heterocycles. The lowest BCUT2D eigenvalue weighted by Gasteiger charge is -2.26. The summed E-state index contributed by atoms with van der Waals surface area (Å²) in [4.78, 5) is 0.959. The second-order valence-electron chi connectivity index (χ2n) is 8.59. The Kier molecular flexibility index (Phi) is 9.56. The number of aryl methyl sites for hydroxylation is 1. The lowest BCUT2D eigenvalue weighted by atomic mass is 9.96. The van der Waals surface area contributed by atoms with Crippen molar-refractivity contribution in [2.75, 3.05) is 37.4 Å². The average Bonchev–Trinajstić information content (AvgIpc) is 2.83. The molecular formula is C27H36N4OS. The smallest absolute Gasteiger partial charge is 0.143 e. The van der Waals surface area contributed by atoms with Crippen LogP contribution in [0.2, 0.25) is 0 Å². The van der Waals surface area contributed by atoms with Gasteiger partial charge in [-0.25, -0.2) is 0 Å². The maximum Gasteiger partial charge on any atom is 0.143 e. The monoisotopic (exact) mass is 464 g/mol. The first-order valence-electron chi connectivity index (χ1n) is 11.6. The molecule has 5 N–H and O–H groups in total. The number of nitrogens with one attached hydrogen (secondary N) is 3. The van der Waals surface area contributed by atoms with E-state index in [1.807, 2.05) is 18.2 Å². The van der Waals surface area contributed by atoms with Crippen LogP contribution in [-0.2, 0) is 0 Å². The van der Waals surface area contributed by atoms with Crippen LogP contribution in [0.5, 0.6) is 5.75 Å². The van der Waals surface area contributed by atoms with E-state index in [0.29, 0.717) is 18.5 Å². The number of rotatable bonds is 8. The Hall–Kier alpha value is -2.59. The highest BCUT2D eigenvalue weighted by molar-refractivity contribution is 7.97. The predicted octanol–water partition coefficient (Wildman–Crippen LogP) is 5.29. The van der Waals surface area contributed by atoms with Gasteiger partial charge >= 0.3 is 0 Å². The molecule has 0 aromatic heterocycles. The molecule has 2 aromatic rings. The third kappa shape index (κ3) is 7.20. The molecule has 1 fully saturated rings. The van der Waals surface area contributed by atoms with Crippen molar-refractivity contribution in [3.8, 4) is 17.6 Å². The number of ether oxygens (including phenoxy) is 1. The topological polar surface area (TPSA) is 71.3 Å². The molecule has 0 bridgehead atoms. The Labute approximate surface area is 203 Å². The highest BCUT2D eigenvalue weighted by atomic mass is 32.2. The van der Waals surface area contributed by atoms with Crippen molar-refractivity contribution in [1.82, 2.24) is 5.32 Å². The first kappa shape index (κ1) is 25.0. The van der Waals surface area contributed by atoms with E-state index in [1.54, 1.807) is 7.11 Å². The molecule has 1 saturated heterocycles. The predicted molar refractivity (Wildman–Crippen MR) is 143 cm³/mol. The fourth-order valence-electron chi connectivity index (χ4n) is 3.86. The highest BCUT2D eigenvalue weighted by Gasteiger charge is 2.15. The molecule has 1 aliphatic heterocycles. The first-order chi connectivity index (χ1) is 16.0. The van der Waals surface area contributed by atoms with Crippen molar-refractivity contribution in [3.63, 3.8) is 0 Å². The Morgan fingerprint density at radius 1 is 1.24 bits per heavy atom. The van der Waals surface area contributed by atoms with Crippen molar-refractivity contribution < 1.29 is 4.74 Å². The molecular weight excluding hydrogens is 428 g/mol. The summed E-state index contributed by atoms with van der Waals surface area (Å²) in [6.07, 6.45) is 4.55. The van der Waals surface area contributed by atoms with E-state index in [0.717, 1.165) is 47.8 Å². The fraction of sp³-hybridized carbons (Fsp3) is 0.407. The van der Waals surface area contributed by atoms with E-state index in [-0.39, 0.29) is 0 Å². The van der Waals surface area contributed by atoms with Crippen LogP contribution in [0.3, 0.4) is 0 Å². The van der Waals surface area contributed by atoms with Crippen LogP contribution < -0.4 is 25.8 Å². The normalized spacial score (nSPS) is 14.5. The Balaban J connectivity index is 1.76. The van der Waals surface area contributed by atoms with Gasteiger partial charge in [-0.15, -0.1) is 0 Å².